The summed E-state index contributed by atoms with van der Waals surface area (Å²) in [6, 6.07) is 9.94. The zero-order valence-corrected chi connectivity index (χ0v) is 15.8. The minimum absolute atomic E-state index is 0.706. The molecular weight excluding hydrogens is 330 g/mol. The summed E-state index contributed by atoms with van der Waals surface area (Å²) in [5.41, 5.74) is 1.42. The first-order valence-electron chi connectivity index (χ1n) is 7.35. The molecule has 0 saturated carbocycles. The zero-order valence-electron chi connectivity index (χ0n) is 13.2. The molecule has 0 bridgehead atoms. The topological polar surface area (TPSA) is 21.3 Å². The monoisotopic (exact) mass is 357 g/mol. The molecule has 0 spiro atoms. The van der Waals surface area contributed by atoms with E-state index in [-0.39, 0.29) is 0 Å². The van der Waals surface area contributed by atoms with Crippen molar-refractivity contribution in [2.45, 2.75) is 32.1 Å². The third-order valence-corrected chi connectivity index (χ3v) is 5.86. The molecule has 0 aliphatic heterocycles. The first kappa shape index (κ1) is 17.9. The molecule has 1 unspecified atom stereocenters. The highest BCUT2D eigenvalue weighted by Crippen LogP contribution is 2.24. The first-order chi connectivity index (χ1) is 9.42. The molecule has 4 heteroatoms. The van der Waals surface area contributed by atoms with Gasteiger partial charge in [-0.1, -0.05) is 59.8 Å². The summed E-state index contributed by atoms with van der Waals surface area (Å²) in [4.78, 5) is 0. The van der Waals surface area contributed by atoms with E-state index in [0.29, 0.717) is 5.92 Å². The summed E-state index contributed by atoms with van der Waals surface area (Å²) in [5.74, 6) is 0.706. The summed E-state index contributed by atoms with van der Waals surface area (Å²) < 4.78 is 6.33. The van der Waals surface area contributed by atoms with Crippen LogP contribution in [-0.4, -0.2) is 34.9 Å². The Kier molecular flexibility index (Phi) is 8.03. The van der Waals surface area contributed by atoms with Crippen molar-refractivity contribution in [1.29, 1.82) is 0 Å². The number of halogens is 1. The van der Waals surface area contributed by atoms with Crippen LogP contribution in [0.15, 0.2) is 28.7 Å². The fourth-order valence-corrected chi connectivity index (χ4v) is 5.01. The highest BCUT2D eigenvalue weighted by Gasteiger charge is 2.21. The fourth-order valence-electron chi connectivity index (χ4n) is 2.54. The number of ether oxygens (including phenoxy) is 1. The molecule has 20 heavy (non-hydrogen) atoms. The second-order valence-electron chi connectivity index (χ2n) is 6.62. The molecule has 1 aromatic carbocycles. The van der Waals surface area contributed by atoms with Crippen LogP contribution in [0.2, 0.25) is 25.7 Å². The second-order valence-corrected chi connectivity index (χ2v) is 13.0. The highest BCUT2D eigenvalue weighted by atomic mass is 79.9. The van der Waals surface area contributed by atoms with Gasteiger partial charge in [0.1, 0.15) is 0 Å². The van der Waals surface area contributed by atoms with Crippen LogP contribution in [0.5, 0.6) is 0 Å². The Labute approximate surface area is 133 Å². The quantitative estimate of drug-likeness (QED) is 0.528. The van der Waals surface area contributed by atoms with Gasteiger partial charge in [0.15, 0.2) is 0 Å². The molecule has 0 aliphatic rings. The highest BCUT2D eigenvalue weighted by molar-refractivity contribution is 9.10. The average molecular weight is 358 g/mol. The van der Waals surface area contributed by atoms with Gasteiger partial charge < -0.3 is 10.1 Å². The number of benzene rings is 1. The predicted octanol–water partition coefficient (Wildman–Crippen LogP) is 4.18. The number of hydrogen-bond donors (Lipinski definition) is 1. The molecule has 1 N–H and O–H groups in total. The molecule has 0 radical (unpaired) electrons. The largest absolute Gasteiger partial charge is 0.383 e. The zero-order chi connectivity index (χ0) is 15.0. The van der Waals surface area contributed by atoms with Gasteiger partial charge >= 0.3 is 0 Å². The molecule has 2 nitrogen and oxygen atoms in total. The predicted molar refractivity (Wildman–Crippen MR) is 94.2 cm³/mol. The molecule has 0 aromatic heterocycles. The molecule has 0 aliphatic carbocycles. The van der Waals surface area contributed by atoms with Gasteiger partial charge in [-0.25, -0.2) is 0 Å². The van der Waals surface area contributed by atoms with E-state index in [0.717, 1.165) is 26.1 Å². The van der Waals surface area contributed by atoms with E-state index < -0.39 is 8.07 Å². The van der Waals surface area contributed by atoms with Crippen molar-refractivity contribution >= 4 is 24.0 Å². The lowest BCUT2D eigenvalue weighted by molar-refractivity contribution is 0.198. The Balaban J connectivity index is 2.60. The van der Waals surface area contributed by atoms with Gasteiger partial charge in [0.05, 0.1) is 6.61 Å². The Morgan fingerprint density at radius 3 is 2.55 bits per heavy atom. The Hall–Kier alpha value is -0.163. The van der Waals surface area contributed by atoms with Crippen LogP contribution in [0.4, 0.5) is 0 Å². The Morgan fingerprint density at radius 1 is 1.25 bits per heavy atom. The van der Waals surface area contributed by atoms with Crippen LogP contribution in [0, 0.1) is 5.92 Å². The standard InChI is InChI=1S/C16H28BrNOSi/c1-19-10-9-18-12-14(13-20(2,3)4)11-15-7-5-6-8-16(15)17/h5-8,14,18H,9-13H2,1-4H3. The van der Waals surface area contributed by atoms with Crippen LogP contribution in [0.25, 0.3) is 0 Å². The fraction of sp³-hybridized carbons (Fsp3) is 0.625. The van der Waals surface area contributed by atoms with E-state index >= 15 is 0 Å². The minimum Gasteiger partial charge on any atom is -0.383 e. The van der Waals surface area contributed by atoms with Gasteiger partial charge in [0, 0.05) is 26.2 Å². The lowest BCUT2D eigenvalue weighted by Gasteiger charge is -2.25. The van der Waals surface area contributed by atoms with Crippen LogP contribution < -0.4 is 5.32 Å². The number of rotatable bonds is 9. The summed E-state index contributed by atoms with van der Waals surface area (Å²) >= 11 is 3.67. The molecule has 0 heterocycles. The summed E-state index contributed by atoms with van der Waals surface area (Å²) in [6.45, 7) is 10.2. The molecule has 114 valence electrons. The Bertz CT molecular complexity index is 392. The van der Waals surface area contributed by atoms with Crippen LogP contribution >= 0.6 is 15.9 Å². The van der Waals surface area contributed by atoms with Gasteiger partial charge in [-0.15, -0.1) is 0 Å². The third-order valence-electron chi connectivity index (χ3n) is 3.28. The summed E-state index contributed by atoms with van der Waals surface area (Å²) in [5, 5.41) is 3.53. The van der Waals surface area contributed by atoms with Crippen molar-refractivity contribution in [3.63, 3.8) is 0 Å². The molecule has 1 atom stereocenters. The van der Waals surface area contributed by atoms with Crippen molar-refractivity contribution in [3.05, 3.63) is 34.3 Å². The van der Waals surface area contributed by atoms with E-state index in [9.17, 15) is 0 Å². The van der Waals surface area contributed by atoms with E-state index in [1.807, 2.05) is 0 Å². The second kappa shape index (κ2) is 8.98. The van der Waals surface area contributed by atoms with Gasteiger partial charge in [-0.05, 0) is 30.5 Å². The van der Waals surface area contributed by atoms with Crippen LogP contribution in [0.3, 0.4) is 0 Å². The van der Waals surface area contributed by atoms with Crippen molar-refractivity contribution in [3.8, 4) is 0 Å². The molecule has 0 amide bonds. The Morgan fingerprint density at radius 2 is 1.95 bits per heavy atom. The minimum atomic E-state index is -1.05. The van der Waals surface area contributed by atoms with Crippen molar-refractivity contribution in [2.24, 2.45) is 5.92 Å². The number of methoxy groups -OCH3 is 1. The number of nitrogens with one attached hydrogen (secondary N) is 1. The van der Waals surface area contributed by atoms with Crippen molar-refractivity contribution in [2.75, 3.05) is 26.8 Å². The molecule has 0 saturated heterocycles. The van der Waals surface area contributed by atoms with E-state index in [4.69, 9.17) is 4.74 Å². The van der Waals surface area contributed by atoms with Crippen LogP contribution in [0.1, 0.15) is 5.56 Å². The van der Waals surface area contributed by atoms with Crippen molar-refractivity contribution < 1.29 is 4.74 Å². The summed E-state index contributed by atoms with van der Waals surface area (Å²) in [7, 11) is 0.706. The molecular formula is C16H28BrNOSi. The van der Waals surface area contributed by atoms with Gasteiger partial charge in [0.25, 0.3) is 0 Å². The SMILES string of the molecule is COCCNCC(Cc1ccccc1Br)C[Si](C)(C)C. The number of hydrogen-bond acceptors (Lipinski definition) is 2. The van der Waals surface area contributed by atoms with Crippen molar-refractivity contribution in [1.82, 2.24) is 5.32 Å². The first-order valence-corrected chi connectivity index (χ1v) is 11.9. The maximum atomic E-state index is 5.10. The van der Waals surface area contributed by atoms with Crippen LogP contribution in [-0.2, 0) is 11.2 Å². The maximum absolute atomic E-state index is 5.10. The van der Waals surface area contributed by atoms with E-state index in [2.05, 4.69) is 65.2 Å². The van der Waals surface area contributed by atoms with Gasteiger partial charge in [-0.3, -0.25) is 0 Å². The van der Waals surface area contributed by atoms with E-state index in [1.54, 1.807) is 7.11 Å². The summed E-state index contributed by atoms with van der Waals surface area (Å²) in [6.07, 6.45) is 1.14. The third kappa shape index (κ3) is 7.57. The van der Waals surface area contributed by atoms with Gasteiger partial charge in [0.2, 0.25) is 0 Å². The molecule has 1 rings (SSSR count). The molecule has 1 aromatic rings. The smallest absolute Gasteiger partial charge is 0.0587 e. The lowest BCUT2D eigenvalue weighted by atomic mass is 10.0. The van der Waals surface area contributed by atoms with Gasteiger partial charge in [-0.2, -0.15) is 0 Å². The lowest BCUT2D eigenvalue weighted by Crippen LogP contribution is -2.33. The maximum Gasteiger partial charge on any atom is 0.0587 e. The van der Waals surface area contributed by atoms with E-state index in [1.165, 1.54) is 16.1 Å². The normalized spacial score (nSPS) is 13.4. The average Bonchev–Trinajstić information content (AvgIpc) is 2.35. The molecule has 0 fully saturated rings.